The summed E-state index contributed by atoms with van der Waals surface area (Å²) >= 11 is 0. The van der Waals surface area contributed by atoms with E-state index in [2.05, 4.69) is 9.72 Å². The lowest BCUT2D eigenvalue weighted by Crippen LogP contribution is -2.49. The molecule has 1 aromatic rings. The predicted molar refractivity (Wildman–Crippen MR) is 72.4 cm³/mol. The molecule has 0 saturated heterocycles. The Morgan fingerprint density at radius 1 is 1.32 bits per heavy atom. The zero-order chi connectivity index (χ0) is 14.7. The molecule has 0 saturated carbocycles. The van der Waals surface area contributed by atoms with Crippen LogP contribution in [0.25, 0.3) is 0 Å². The van der Waals surface area contributed by atoms with Gasteiger partial charge in [-0.15, -0.1) is 0 Å². The summed E-state index contributed by atoms with van der Waals surface area (Å²) in [5.74, 6) is -0.482. The Hall–Kier alpha value is -1.40. The molecule has 0 aromatic carbocycles. The third-order valence-electron chi connectivity index (χ3n) is 3.14. The van der Waals surface area contributed by atoms with E-state index in [-0.39, 0.29) is 5.69 Å². The van der Waals surface area contributed by atoms with E-state index >= 15 is 0 Å². The molecular formula is C13H19BNO4. The van der Waals surface area contributed by atoms with Gasteiger partial charge in [0.1, 0.15) is 5.69 Å². The van der Waals surface area contributed by atoms with E-state index in [1.54, 1.807) is 39.8 Å². The highest BCUT2D eigenvalue weighted by atomic mass is 16.5. The molecule has 0 amide bonds. The fraction of sp³-hybridized carbons (Fsp3) is 0.538. The summed E-state index contributed by atoms with van der Waals surface area (Å²) in [6, 6.07) is 3.25. The first-order valence-corrected chi connectivity index (χ1v) is 5.95. The maximum atomic E-state index is 11.2. The normalized spacial score (nSPS) is 12.1. The number of aromatic nitrogens is 1. The van der Waals surface area contributed by atoms with Gasteiger partial charge in [-0.05, 0) is 39.2 Å². The van der Waals surface area contributed by atoms with Crippen LogP contribution in [0.1, 0.15) is 38.2 Å². The van der Waals surface area contributed by atoms with Crippen molar-refractivity contribution in [3.8, 4) is 0 Å². The molecule has 19 heavy (non-hydrogen) atoms. The average Bonchev–Trinajstić information content (AvgIpc) is 2.35. The summed E-state index contributed by atoms with van der Waals surface area (Å²) in [6.45, 7) is 6.94. The zero-order valence-corrected chi connectivity index (χ0v) is 11.9. The SMILES string of the molecule is COC(=O)c1ccc([B]OC(C)(C)C(C)(C)O)cn1. The summed E-state index contributed by atoms with van der Waals surface area (Å²) in [5.41, 5.74) is -0.789. The number of ether oxygens (including phenoxy) is 1. The topological polar surface area (TPSA) is 68.7 Å². The minimum absolute atomic E-state index is 0.237. The third kappa shape index (κ3) is 4.04. The quantitative estimate of drug-likeness (QED) is 0.625. The molecular weight excluding hydrogens is 245 g/mol. The lowest BCUT2D eigenvalue weighted by Gasteiger charge is -2.37. The van der Waals surface area contributed by atoms with E-state index in [0.717, 1.165) is 0 Å². The maximum Gasteiger partial charge on any atom is 0.356 e. The second-order valence-electron chi connectivity index (χ2n) is 5.27. The standard InChI is InChI=1S/C13H19BNO4/c1-12(2,17)13(3,4)19-14-9-6-7-10(15-8-9)11(16)18-5/h6-8,17H,1-5H3. The van der Waals surface area contributed by atoms with Crippen LogP contribution < -0.4 is 5.46 Å². The molecule has 1 aromatic heterocycles. The molecule has 0 atom stereocenters. The number of esters is 1. The van der Waals surface area contributed by atoms with Crippen LogP contribution in [-0.4, -0.2) is 41.9 Å². The fourth-order valence-electron chi connectivity index (χ4n) is 1.06. The van der Waals surface area contributed by atoms with Crippen molar-refractivity contribution in [3.05, 3.63) is 24.0 Å². The largest absolute Gasteiger partial charge is 0.464 e. The Kier molecular flexibility index (Phi) is 4.71. The number of carbonyl (C=O) groups is 1. The van der Waals surface area contributed by atoms with E-state index in [1.807, 2.05) is 0 Å². The number of pyridine rings is 1. The highest BCUT2D eigenvalue weighted by molar-refractivity contribution is 6.46. The van der Waals surface area contributed by atoms with Crippen molar-refractivity contribution in [2.24, 2.45) is 0 Å². The molecule has 0 fully saturated rings. The van der Waals surface area contributed by atoms with Crippen LogP contribution >= 0.6 is 0 Å². The summed E-state index contributed by atoms with van der Waals surface area (Å²) in [6.07, 6.45) is 1.51. The van der Waals surface area contributed by atoms with Crippen LogP contribution in [0.3, 0.4) is 0 Å². The van der Waals surface area contributed by atoms with Crippen molar-refractivity contribution in [2.45, 2.75) is 38.9 Å². The highest BCUT2D eigenvalue weighted by Gasteiger charge is 2.35. The average molecular weight is 264 g/mol. The maximum absolute atomic E-state index is 11.2. The van der Waals surface area contributed by atoms with E-state index in [9.17, 15) is 9.90 Å². The summed E-state index contributed by atoms with van der Waals surface area (Å²) < 4.78 is 10.1. The van der Waals surface area contributed by atoms with Gasteiger partial charge < -0.3 is 14.5 Å². The molecule has 6 heteroatoms. The molecule has 0 unspecified atom stereocenters. The Morgan fingerprint density at radius 2 is 1.95 bits per heavy atom. The summed E-state index contributed by atoms with van der Waals surface area (Å²) in [7, 11) is 2.81. The van der Waals surface area contributed by atoms with Crippen molar-refractivity contribution in [1.82, 2.24) is 4.98 Å². The van der Waals surface area contributed by atoms with Crippen LogP contribution in [0, 0.1) is 0 Å². The summed E-state index contributed by atoms with van der Waals surface area (Å²) in [4.78, 5) is 15.2. The lowest BCUT2D eigenvalue weighted by molar-refractivity contribution is -0.0893. The van der Waals surface area contributed by atoms with Crippen molar-refractivity contribution < 1.29 is 19.3 Å². The molecule has 103 valence electrons. The van der Waals surface area contributed by atoms with Crippen molar-refractivity contribution in [2.75, 3.05) is 7.11 Å². The minimum atomic E-state index is -0.983. The Labute approximate surface area is 114 Å². The molecule has 0 bridgehead atoms. The van der Waals surface area contributed by atoms with E-state index in [4.69, 9.17) is 4.65 Å². The number of rotatable bonds is 5. The molecule has 1 N–H and O–H groups in total. The molecule has 1 heterocycles. The van der Waals surface area contributed by atoms with Crippen LogP contribution in [0.15, 0.2) is 18.3 Å². The molecule has 5 nitrogen and oxygen atoms in total. The number of methoxy groups -OCH3 is 1. The monoisotopic (exact) mass is 264 g/mol. The van der Waals surface area contributed by atoms with E-state index < -0.39 is 17.2 Å². The molecule has 0 aliphatic rings. The van der Waals surface area contributed by atoms with Crippen LogP contribution in [0.2, 0.25) is 0 Å². The number of nitrogens with zero attached hydrogens (tertiary/aromatic N) is 1. The van der Waals surface area contributed by atoms with Gasteiger partial charge in [-0.1, -0.05) is 6.07 Å². The van der Waals surface area contributed by atoms with Crippen molar-refractivity contribution in [1.29, 1.82) is 0 Å². The van der Waals surface area contributed by atoms with Crippen LogP contribution in [-0.2, 0) is 9.39 Å². The Bertz CT molecular complexity index is 437. The van der Waals surface area contributed by atoms with E-state index in [1.165, 1.54) is 20.8 Å². The second kappa shape index (κ2) is 5.71. The Morgan fingerprint density at radius 3 is 2.37 bits per heavy atom. The first-order chi connectivity index (χ1) is 8.67. The lowest BCUT2D eigenvalue weighted by atomic mass is 9.83. The molecule has 0 aliphatic carbocycles. The Balaban J connectivity index is 2.67. The predicted octanol–water partition coefficient (Wildman–Crippen LogP) is 0.679. The van der Waals surface area contributed by atoms with Gasteiger partial charge in [0.15, 0.2) is 0 Å². The van der Waals surface area contributed by atoms with Gasteiger partial charge in [0, 0.05) is 6.20 Å². The molecule has 1 rings (SSSR count). The first kappa shape index (κ1) is 15.7. The van der Waals surface area contributed by atoms with Crippen LogP contribution in [0.4, 0.5) is 0 Å². The minimum Gasteiger partial charge on any atom is -0.464 e. The van der Waals surface area contributed by atoms with Crippen molar-refractivity contribution in [3.63, 3.8) is 0 Å². The van der Waals surface area contributed by atoms with Gasteiger partial charge in [-0.2, -0.15) is 0 Å². The third-order valence-corrected chi connectivity index (χ3v) is 3.14. The first-order valence-electron chi connectivity index (χ1n) is 5.95. The molecule has 0 aliphatic heterocycles. The number of aliphatic hydroxyl groups is 1. The summed E-state index contributed by atoms with van der Waals surface area (Å²) in [5, 5.41) is 9.95. The highest BCUT2D eigenvalue weighted by Crippen LogP contribution is 2.24. The van der Waals surface area contributed by atoms with Gasteiger partial charge in [-0.25, -0.2) is 9.78 Å². The van der Waals surface area contributed by atoms with E-state index in [0.29, 0.717) is 5.46 Å². The van der Waals surface area contributed by atoms with Gasteiger partial charge in [0.05, 0.1) is 18.3 Å². The van der Waals surface area contributed by atoms with Crippen molar-refractivity contribution >= 4 is 18.9 Å². The van der Waals surface area contributed by atoms with Crippen LogP contribution in [0.5, 0.6) is 0 Å². The zero-order valence-electron chi connectivity index (χ0n) is 11.9. The smallest absolute Gasteiger partial charge is 0.356 e. The number of hydrogen-bond acceptors (Lipinski definition) is 5. The molecule has 1 radical (unpaired) electrons. The molecule has 0 spiro atoms. The van der Waals surface area contributed by atoms with Gasteiger partial charge in [-0.3, -0.25) is 0 Å². The van der Waals surface area contributed by atoms with Gasteiger partial charge in [0.2, 0.25) is 0 Å². The van der Waals surface area contributed by atoms with Gasteiger partial charge in [0.25, 0.3) is 0 Å². The number of hydrogen-bond donors (Lipinski definition) is 1. The van der Waals surface area contributed by atoms with Gasteiger partial charge >= 0.3 is 13.5 Å². The second-order valence-corrected chi connectivity index (χ2v) is 5.27. The fourth-order valence-corrected chi connectivity index (χ4v) is 1.06. The number of carbonyl (C=O) groups excluding carboxylic acids is 1.